The Morgan fingerprint density at radius 2 is 2.30 bits per heavy atom. The summed E-state index contributed by atoms with van der Waals surface area (Å²) in [5, 5.41) is 3.71. The van der Waals surface area contributed by atoms with Crippen molar-refractivity contribution in [2.75, 3.05) is 19.6 Å². The van der Waals surface area contributed by atoms with Crippen LogP contribution in [0.5, 0.6) is 0 Å². The number of nitrogens with zero attached hydrogens (tertiary/aromatic N) is 2. The Morgan fingerprint density at radius 1 is 1.45 bits per heavy atom. The molecule has 2 atom stereocenters. The van der Waals surface area contributed by atoms with Crippen LogP contribution in [0.15, 0.2) is 18.3 Å². The lowest BCUT2D eigenvalue weighted by Gasteiger charge is -2.28. The molecule has 0 aliphatic carbocycles. The summed E-state index contributed by atoms with van der Waals surface area (Å²) < 4.78 is 0. The van der Waals surface area contributed by atoms with Gasteiger partial charge in [0.2, 0.25) is 0 Å². The molecule has 0 aromatic carbocycles. The molecule has 1 fully saturated rings. The Balaban J connectivity index is 2.03. The minimum atomic E-state index is 0.622. The second-order valence-electron chi connectivity index (χ2n) is 6.00. The van der Waals surface area contributed by atoms with Gasteiger partial charge >= 0.3 is 0 Å². The fourth-order valence-electron chi connectivity index (χ4n) is 2.98. The molecule has 1 aliphatic heterocycles. The molecule has 2 rings (SSSR count). The molecule has 2 heterocycles. The Hall–Kier alpha value is -0.930. The molecule has 1 aromatic heterocycles. The van der Waals surface area contributed by atoms with Crippen molar-refractivity contribution in [2.24, 2.45) is 5.92 Å². The molecule has 0 saturated carbocycles. The average molecular weight is 275 g/mol. The van der Waals surface area contributed by atoms with Crippen LogP contribution in [0.2, 0.25) is 0 Å². The fraction of sp³-hybridized carbons (Fsp3) is 0.706. The minimum absolute atomic E-state index is 0.622. The summed E-state index contributed by atoms with van der Waals surface area (Å²) in [5.41, 5.74) is 2.66. The van der Waals surface area contributed by atoms with E-state index in [1.165, 1.54) is 30.6 Å². The van der Waals surface area contributed by atoms with Crippen molar-refractivity contribution >= 4 is 0 Å². The monoisotopic (exact) mass is 275 g/mol. The van der Waals surface area contributed by atoms with Gasteiger partial charge in [0.1, 0.15) is 0 Å². The summed E-state index contributed by atoms with van der Waals surface area (Å²) in [6, 6.07) is 4.88. The summed E-state index contributed by atoms with van der Waals surface area (Å²) >= 11 is 0. The van der Waals surface area contributed by atoms with Crippen molar-refractivity contribution in [3.05, 3.63) is 29.6 Å². The van der Waals surface area contributed by atoms with Gasteiger partial charge < -0.3 is 5.32 Å². The summed E-state index contributed by atoms with van der Waals surface area (Å²) in [5.74, 6) is 0.741. The zero-order valence-electron chi connectivity index (χ0n) is 13.2. The fourth-order valence-corrected chi connectivity index (χ4v) is 2.98. The summed E-state index contributed by atoms with van der Waals surface area (Å²) in [6.07, 6.45) is 5.48. The van der Waals surface area contributed by atoms with Crippen molar-refractivity contribution in [3.63, 3.8) is 0 Å². The van der Waals surface area contributed by atoms with Gasteiger partial charge in [-0.2, -0.15) is 0 Å². The van der Waals surface area contributed by atoms with Crippen LogP contribution in [0, 0.1) is 5.92 Å². The molecule has 3 nitrogen and oxygen atoms in total. The standard InChI is InChI=1S/C17H29N3/c1-4-14(3)16-12-20(11-7-10-18-16)13-17-15(5-2)8-6-9-19-17/h6,8-9,14,16,18H,4-5,7,10-13H2,1-3H3. The number of hydrogen-bond acceptors (Lipinski definition) is 3. The number of rotatable bonds is 5. The summed E-state index contributed by atoms with van der Waals surface area (Å²) in [7, 11) is 0. The molecule has 0 radical (unpaired) electrons. The van der Waals surface area contributed by atoms with Crippen LogP contribution in [0.3, 0.4) is 0 Å². The van der Waals surface area contributed by atoms with Crippen molar-refractivity contribution in [2.45, 2.75) is 52.6 Å². The van der Waals surface area contributed by atoms with E-state index in [2.05, 4.69) is 42.0 Å². The van der Waals surface area contributed by atoms with Gasteiger partial charge in [-0.15, -0.1) is 0 Å². The van der Waals surface area contributed by atoms with Gasteiger partial charge in [-0.25, -0.2) is 0 Å². The highest BCUT2D eigenvalue weighted by molar-refractivity contribution is 5.19. The third-order valence-electron chi connectivity index (χ3n) is 4.58. The van der Waals surface area contributed by atoms with E-state index >= 15 is 0 Å². The van der Waals surface area contributed by atoms with E-state index < -0.39 is 0 Å². The zero-order valence-corrected chi connectivity index (χ0v) is 13.2. The third-order valence-corrected chi connectivity index (χ3v) is 4.58. The lowest BCUT2D eigenvalue weighted by atomic mass is 9.99. The van der Waals surface area contributed by atoms with Crippen molar-refractivity contribution in [1.29, 1.82) is 0 Å². The van der Waals surface area contributed by atoms with Gasteiger partial charge in [0.05, 0.1) is 5.69 Å². The Bertz CT molecular complexity index is 405. The van der Waals surface area contributed by atoms with Crippen LogP contribution in [-0.4, -0.2) is 35.6 Å². The number of aromatic nitrogens is 1. The van der Waals surface area contributed by atoms with Gasteiger partial charge in [0.25, 0.3) is 0 Å². The lowest BCUT2D eigenvalue weighted by Crippen LogP contribution is -2.41. The molecule has 1 aromatic rings. The van der Waals surface area contributed by atoms with Gasteiger partial charge in [-0.3, -0.25) is 9.88 Å². The molecular formula is C17H29N3. The first-order valence-corrected chi connectivity index (χ1v) is 8.13. The molecule has 1 aliphatic rings. The molecule has 20 heavy (non-hydrogen) atoms. The van der Waals surface area contributed by atoms with Gasteiger partial charge in [0.15, 0.2) is 0 Å². The van der Waals surface area contributed by atoms with Gasteiger partial charge in [-0.05, 0) is 43.5 Å². The summed E-state index contributed by atoms with van der Waals surface area (Å²) in [6.45, 7) is 11.3. The maximum atomic E-state index is 4.60. The first kappa shape index (κ1) is 15.5. The van der Waals surface area contributed by atoms with E-state index in [-0.39, 0.29) is 0 Å². The third kappa shape index (κ3) is 4.03. The molecule has 0 amide bonds. The minimum Gasteiger partial charge on any atom is -0.312 e. The number of nitrogens with one attached hydrogen (secondary N) is 1. The van der Waals surface area contributed by atoms with Crippen molar-refractivity contribution < 1.29 is 0 Å². The first-order valence-electron chi connectivity index (χ1n) is 8.13. The lowest BCUT2D eigenvalue weighted by molar-refractivity contribution is 0.228. The number of pyridine rings is 1. The smallest absolute Gasteiger partial charge is 0.0575 e. The van der Waals surface area contributed by atoms with E-state index in [9.17, 15) is 0 Å². The van der Waals surface area contributed by atoms with Crippen LogP contribution in [0.25, 0.3) is 0 Å². The van der Waals surface area contributed by atoms with E-state index in [1.807, 2.05) is 12.3 Å². The van der Waals surface area contributed by atoms with Gasteiger partial charge in [0, 0.05) is 25.3 Å². The molecular weight excluding hydrogens is 246 g/mol. The van der Waals surface area contributed by atoms with E-state index in [4.69, 9.17) is 0 Å². The predicted molar refractivity (Wildman–Crippen MR) is 84.8 cm³/mol. The largest absolute Gasteiger partial charge is 0.312 e. The topological polar surface area (TPSA) is 28.2 Å². The van der Waals surface area contributed by atoms with E-state index in [1.54, 1.807) is 0 Å². The second-order valence-corrected chi connectivity index (χ2v) is 6.00. The van der Waals surface area contributed by atoms with E-state index in [0.717, 1.165) is 32.0 Å². The number of hydrogen-bond donors (Lipinski definition) is 1. The molecule has 3 heteroatoms. The van der Waals surface area contributed by atoms with Crippen molar-refractivity contribution in [1.82, 2.24) is 15.2 Å². The predicted octanol–water partition coefficient (Wildman–Crippen LogP) is 2.85. The highest BCUT2D eigenvalue weighted by Gasteiger charge is 2.22. The number of aryl methyl sites for hydroxylation is 1. The van der Waals surface area contributed by atoms with Crippen molar-refractivity contribution in [3.8, 4) is 0 Å². The highest BCUT2D eigenvalue weighted by Crippen LogP contribution is 2.15. The quantitative estimate of drug-likeness (QED) is 0.895. The SMILES string of the molecule is CCc1cccnc1CN1CCCNC(C(C)CC)C1. The van der Waals surface area contributed by atoms with Crippen LogP contribution in [-0.2, 0) is 13.0 Å². The molecule has 2 unspecified atom stereocenters. The molecule has 0 bridgehead atoms. The maximum absolute atomic E-state index is 4.60. The normalized spacial score (nSPS) is 22.4. The van der Waals surface area contributed by atoms with Crippen LogP contribution >= 0.6 is 0 Å². The Kier molecular flexibility index (Phi) is 5.99. The highest BCUT2D eigenvalue weighted by atomic mass is 15.2. The van der Waals surface area contributed by atoms with E-state index in [0.29, 0.717) is 6.04 Å². The van der Waals surface area contributed by atoms with Crippen LogP contribution < -0.4 is 5.32 Å². The molecule has 1 saturated heterocycles. The van der Waals surface area contributed by atoms with Gasteiger partial charge in [-0.1, -0.05) is 33.3 Å². The Morgan fingerprint density at radius 3 is 3.05 bits per heavy atom. The molecule has 0 spiro atoms. The van der Waals surface area contributed by atoms with Crippen LogP contribution in [0.1, 0.15) is 44.9 Å². The Labute approximate surface area is 123 Å². The first-order chi connectivity index (χ1) is 9.74. The second kappa shape index (κ2) is 7.75. The van der Waals surface area contributed by atoms with Crippen LogP contribution in [0.4, 0.5) is 0 Å². The maximum Gasteiger partial charge on any atom is 0.0575 e. The average Bonchev–Trinajstić information content (AvgIpc) is 2.72. The molecule has 1 N–H and O–H groups in total. The zero-order chi connectivity index (χ0) is 14.4. The summed E-state index contributed by atoms with van der Waals surface area (Å²) in [4.78, 5) is 7.18. The molecule has 112 valence electrons.